The van der Waals surface area contributed by atoms with Gasteiger partial charge in [-0.3, -0.25) is 15.0 Å². The predicted molar refractivity (Wildman–Crippen MR) is 149 cm³/mol. The van der Waals surface area contributed by atoms with Crippen LogP contribution < -0.4 is 0 Å². The first-order chi connectivity index (χ1) is 17.9. The summed E-state index contributed by atoms with van der Waals surface area (Å²) in [4.78, 5) is 11.9. The van der Waals surface area contributed by atoms with Crippen LogP contribution in [0.2, 0.25) is 0 Å². The van der Waals surface area contributed by atoms with Gasteiger partial charge in [0, 0.05) is 37.2 Å². The Bertz CT molecular complexity index is 1090. The molecule has 0 fully saturated rings. The fourth-order valence-corrected chi connectivity index (χ4v) is 3.52. The summed E-state index contributed by atoms with van der Waals surface area (Å²) in [6.45, 7) is 0. The van der Waals surface area contributed by atoms with E-state index >= 15 is 0 Å². The molecule has 3 aromatic carbocycles. The van der Waals surface area contributed by atoms with E-state index in [2.05, 4.69) is 51.4 Å². The molecule has 0 aliphatic heterocycles. The Labute approximate surface area is 234 Å². The maximum Gasteiger partial charge on any atom is 1.00 e. The molecule has 37 heavy (non-hydrogen) atoms. The second-order valence-corrected chi connectivity index (χ2v) is 7.81. The van der Waals surface area contributed by atoms with Gasteiger partial charge in [0.25, 0.3) is 0 Å². The molecule has 0 aliphatic carbocycles. The second-order valence-electron chi connectivity index (χ2n) is 7.81. The van der Waals surface area contributed by atoms with Gasteiger partial charge in [0.05, 0.1) is 0 Å². The third-order valence-electron chi connectivity index (χ3n) is 5.36. The second kappa shape index (κ2) is 15.8. The zero-order valence-electron chi connectivity index (χ0n) is 20.2. The minimum Gasteiger partial charge on any atom is -0.265 e. The molecule has 4 heteroatoms. The molecule has 0 aliphatic rings. The van der Waals surface area contributed by atoms with Crippen molar-refractivity contribution >= 4 is 0 Å². The molecule has 3 heterocycles. The molecule has 3 nitrogen and oxygen atoms in total. The smallest absolute Gasteiger partial charge is 0.265 e. The summed E-state index contributed by atoms with van der Waals surface area (Å²) in [5.41, 5.74) is 7.35. The Kier molecular flexibility index (Phi) is 11.7. The fraction of sp³-hybridized carbons (Fsp3) is 0. The number of pyridine rings is 3. The summed E-state index contributed by atoms with van der Waals surface area (Å²) in [6, 6.07) is 42.9. The summed E-state index contributed by atoms with van der Waals surface area (Å²) in [5, 5.41) is 0. The van der Waals surface area contributed by atoms with Crippen LogP contribution in [0, 0.1) is 0 Å². The van der Waals surface area contributed by atoms with Crippen LogP contribution in [0.3, 0.4) is 0 Å². The molecular formula is C33H27AgN3+. The van der Waals surface area contributed by atoms with Gasteiger partial charge in [0.2, 0.25) is 0 Å². The molecule has 0 spiro atoms. The quantitative estimate of drug-likeness (QED) is 0.200. The van der Waals surface area contributed by atoms with E-state index in [4.69, 9.17) is 0 Å². The summed E-state index contributed by atoms with van der Waals surface area (Å²) in [7, 11) is 0. The molecule has 0 saturated carbocycles. The summed E-state index contributed by atoms with van der Waals surface area (Å²) in [5.74, 6) is 0. The van der Waals surface area contributed by atoms with Crippen molar-refractivity contribution in [3.63, 3.8) is 0 Å². The fourth-order valence-electron chi connectivity index (χ4n) is 3.52. The molecule has 0 radical (unpaired) electrons. The van der Waals surface area contributed by atoms with Crippen molar-refractivity contribution in [2.45, 2.75) is 0 Å². The van der Waals surface area contributed by atoms with E-state index in [-0.39, 0.29) is 22.4 Å². The van der Waals surface area contributed by atoms with Crippen molar-refractivity contribution in [2.24, 2.45) is 0 Å². The van der Waals surface area contributed by atoms with Gasteiger partial charge in [-0.1, -0.05) is 91.0 Å². The van der Waals surface area contributed by atoms with Crippen molar-refractivity contribution in [3.8, 4) is 33.4 Å². The third kappa shape index (κ3) is 9.10. The zero-order chi connectivity index (χ0) is 24.7. The van der Waals surface area contributed by atoms with Crippen molar-refractivity contribution < 1.29 is 22.4 Å². The van der Waals surface area contributed by atoms with Gasteiger partial charge in [-0.05, 0) is 69.8 Å². The topological polar surface area (TPSA) is 38.7 Å². The number of benzene rings is 3. The van der Waals surface area contributed by atoms with Crippen LogP contribution in [0.1, 0.15) is 0 Å². The first-order valence-corrected chi connectivity index (χ1v) is 11.8. The van der Waals surface area contributed by atoms with E-state index in [9.17, 15) is 0 Å². The van der Waals surface area contributed by atoms with Crippen LogP contribution in [0.5, 0.6) is 0 Å². The van der Waals surface area contributed by atoms with Gasteiger partial charge in [-0.15, -0.1) is 0 Å². The minimum absolute atomic E-state index is 0. The summed E-state index contributed by atoms with van der Waals surface area (Å²) >= 11 is 0. The van der Waals surface area contributed by atoms with Crippen molar-refractivity contribution in [1.82, 2.24) is 15.0 Å². The van der Waals surface area contributed by atoms with Crippen molar-refractivity contribution in [1.29, 1.82) is 0 Å². The number of aromatic nitrogens is 3. The normalized spacial score (nSPS) is 9.41. The molecule has 0 N–H and O–H groups in total. The summed E-state index contributed by atoms with van der Waals surface area (Å²) in [6.07, 6.45) is 10.8. The molecule has 0 saturated heterocycles. The van der Waals surface area contributed by atoms with Crippen LogP contribution in [0.15, 0.2) is 165 Å². The monoisotopic (exact) mass is 572 g/mol. The summed E-state index contributed by atoms with van der Waals surface area (Å²) < 4.78 is 0. The maximum absolute atomic E-state index is 3.97. The van der Waals surface area contributed by atoms with Gasteiger partial charge >= 0.3 is 22.4 Å². The average Bonchev–Trinajstić information content (AvgIpc) is 3.01. The van der Waals surface area contributed by atoms with E-state index in [0.29, 0.717) is 0 Å². The standard InChI is InChI=1S/3C11H9N.Ag/c3*1-2-4-10(5-3-1)11-6-8-12-9-7-11;/h3*1-9H;/q;;;+1. The molecule has 6 rings (SSSR count). The first kappa shape index (κ1) is 27.4. The number of rotatable bonds is 3. The Morgan fingerprint density at radius 2 is 0.432 bits per heavy atom. The molecule has 3 aromatic heterocycles. The van der Waals surface area contributed by atoms with Crippen molar-refractivity contribution in [3.05, 3.63) is 165 Å². The minimum atomic E-state index is 0. The number of nitrogens with zero attached hydrogens (tertiary/aromatic N) is 3. The molecular weight excluding hydrogens is 546 g/mol. The van der Waals surface area contributed by atoms with Gasteiger partial charge < -0.3 is 0 Å². The number of hydrogen-bond acceptors (Lipinski definition) is 3. The average molecular weight is 573 g/mol. The van der Waals surface area contributed by atoms with E-state index < -0.39 is 0 Å². The van der Waals surface area contributed by atoms with Gasteiger partial charge in [-0.2, -0.15) is 0 Å². The maximum atomic E-state index is 3.97. The molecule has 0 unspecified atom stereocenters. The Balaban J connectivity index is 0.000000152. The number of hydrogen-bond donors (Lipinski definition) is 0. The zero-order valence-corrected chi connectivity index (χ0v) is 21.7. The third-order valence-corrected chi connectivity index (χ3v) is 5.36. The molecule has 6 aromatic rings. The van der Waals surface area contributed by atoms with Crippen LogP contribution in [-0.4, -0.2) is 15.0 Å². The largest absolute Gasteiger partial charge is 1.00 e. The first-order valence-electron chi connectivity index (χ1n) is 11.8. The van der Waals surface area contributed by atoms with Crippen LogP contribution in [0.4, 0.5) is 0 Å². The Morgan fingerprint density at radius 1 is 0.243 bits per heavy atom. The molecule has 184 valence electrons. The molecule has 0 amide bonds. The molecule has 0 bridgehead atoms. The van der Waals surface area contributed by atoms with Crippen molar-refractivity contribution in [2.75, 3.05) is 0 Å². The van der Waals surface area contributed by atoms with E-state index in [1.54, 1.807) is 0 Å². The SMILES string of the molecule is [Ag+].c1ccc(-c2ccncc2)cc1.c1ccc(-c2ccncc2)cc1.c1ccc(-c2ccncc2)cc1. The van der Waals surface area contributed by atoms with E-state index in [1.807, 2.05) is 128 Å². The Hall–Kier alpha value is -4.15. The van der Waals surface area contributed by atoms with Crippen LogP contribution in [-0.2, 0) is 22.4 Å². The van der Waals surface area contributed by atoms with Gasteiger partial charge in [0.15, 0.2) is 0 Å². The van der Waals surface area contributed by atoms with Gasteiger partial charge in [0.1, 0.15) is 0 Å². The Morgan fingerprint density at radius 3 is 0.649 bits per heavy atom. The van der Waals surface area contributed by atoms with Crippen LogP contribution >= 0.6 is 0 Å². The van der Waals surface area contributed by atoms with E-state index in [1.165, 1.54) is 33.4 Å². The van der Waals surface area contributed by atoms with E-state index in [0.717, 1.165) is 0 Å². The van der Waals surface area contributed by atoms with Crippen LogP contribution in [0.25, 0.3) is 33.4 Å². The van der Waals surface area contributed by atoms with Gasteiger partial charge in [-0.25, -0.2) is 0 Å². The predicted octanol–water partition coefficient (Wildman–Crippen LogP) is 8.24. The molecule has 0 atom stereocenters.